The summed E-state index contributed by atoms with van der Waals surface area (Å²) in [6.07, 6.45) is -5.90. The summed E-state index contributed by atoms with van der Waals surface area (Å²) < 4.78 is 45.9. The minimum absolute atomic E-state index is 0.267. The Bertz CT molecular complexity index is 911. The Labute approximate surface area is 167 Å². The predicted molar refractivity (Wildman–Crippen MR) is 113 cm³/mol. The summed E-state index contributed by atoms with van der Waals surface area (Å²) in [4.78, 5) is 12.8. The van der Waals surface area contributed by atoms with Crippen LogP contribution in [0.2, 0.25) is 0 Å². The number of hydrogen-bond donors (Lipinski definition) is 0. The Morgan fingerprint density at radius 3 is 1.38 bits per heavy atom. The van der Waals surface area contributed by atoms with Crippen LogP contribution in [0.1, 0.15) is 6.42 Å². The highest BCUT2D eigenvalue weighted by Crippen LogP contribution is 2.48. The van der Waals surface area contributed by atoms with E-state index in [1.165, 1.54) is 0 Å². The van der Waals surface area contributed by atoms with Crippen molar-refractivity contribution in [1.29, 1.82) is 0 Å². The summed E-state index contributed by atoms with van der Waals surface area (Å²) in [6, 6.07) is 26.8. The zero-order valence-corrected chi connectivity index (χ0v) is 16.7. The maximum absolute atomic E-state index is 13.7. The van der Waals surface area contributed by atoms with Crippen LogP contribution in [0.15, 0.2) is 91.0 Å². The number of methoxy groups -OCH3 is 1. The van der Waals surface area contributed by atoms with Gasteiger partial charge in [-0.3, -0.25) is 0 Å². The third-order valence-corrected chi connectivity index (χ3v) is 8.99. The summed E-state index contributed by atoms with van der Waals surface area (Å²) in [6.45, 7) is -3.11. The fourth-order valence-electron chi connectivity index (χ4n) is 3.50. The van der Waals surface area contributed by atoms with Crippen LogP contribution in [0.4, 0.5) is 13.2 Å². The molecule has 0 aliphatic carbocycles. The largest absolute Gasteiger partial charge is 0.466 e. The summed E-state index contributed by atoms with van der Waals surface area (Å²) in [5.74, 6) is -0.938. The molecule has 2 nitrogen and oxygen atoms in total. The van der Waals surface area contributed by atoms with E-state index < -0.39 is 25.5 Å². The lowest BCUT2D eigenvalue weighted by atomic mass is 10.3. The van der Waals surface area contributed by atoms with Crippen molar-refractivity contribution in [3.8, 4) is 0 Å². The number of benzene rings is 3. The molecule has 0 spiro atoms. The van der Waals surface area contributed by atoms with E-state index in [9.17, 15) is 18.0 Å². The van der Waals surface area contributed by atoms with Crippen molar-refractivity contribution in [2.75, 3.05) is 7.11 Å². The van der Waals surface area contributed by atoms with Gasteiger partial charge in [-0.1, -0.05) is 91.0 Å². The second kappa shape index (κ2) is 8.71. The molecule has 0 aliphatic heterocycles. The van der Waals surface area contributed by atoms with Crippen molar-refractivity contribution in [3.05, 3.63) is 91.0 Å². The van der Waals surface area contributed by atoms with Crippen molar-refractivity contribution in [2.45, 2.75) is 12.6 Å². The van der Waals surface area contributed by atoms with E-state index in [0.717, 1.165) is 7.11 Å². The number of ether oxygens (including phenoxy) is 1. The fraction of sp³-hybridized carbons (Fsp3) is 0.130. The summed E-state index contributed by atoms with van der Waals surface area (Å²) in [5, 5.41) is 1.74. The summed E-state index contributed by atoms with van der Waals surface area (Å²) >= 11 is 0. The van der Waals surface area contributed by atoms with Crippen LogP contribution in [0.3, 0.4) is 0 Å². The highest BCUT2D eigenvalue weighted by molar-refractivity contribution is 7.96. The standard InChI is InChI=1S/C23H20F3O2P/c1-28-22(27)21(17-23(24,25)26)29(18-11-5-2-6-12-18,19-13-7-3-8-14-19)20-15-9-4-10-16-20/h2-16H,17H2,1H3. The fourth-order valence-corrected chi connectivity index (χ4v) is 7.97. The third-order valence-electron chi connectivity index (χ3n) is 4.62. The molecule has 0 aromatic heterocycles. The van der Waals surface area contributed by atoms with Gasteiger partial charge in [-0.05, 0) is 22.8 Å². The van der Waals surface area contributed by atoms with Gasteiger partial charge in [0, 0.05) is 0 Å². The molecular weight excluding hydrogens is 396 g/mol. The second-order valence-corrected chi connectivity index (χ2v) is 9.84. The van der Waals surface area contributed by atoms with Gasteiger partial charge in [-0.25, -0.2) is 4.79 Å². The van der Waals surface area contributed by atoms with Crippen LogP contribution in [0, 0.1) is 0 Å². The molecule has 3 aromatic carbocycles. The van der Waals surface area contributed by atoms with Crippen molar-refractivity contribution < 1.29 is 22.7 Å². The highest BCUT2D eigenvalue weighted by atomic mass is 31.2. The highest BCUT2D eigenvalue weighted by Gasteiger charge is 2.40. The van der Waals surface area contributed by atoms with Crippen molar-refractivity contribution >= 4 is 34.1 Å². The molecule has 150 valence electrons. The molecule has 0 fully saturated rings. The van der Waals surface area contributed by atoms with Gasteiger partial charge in [0.25, 0.3) is 0 Å². The zero-order chi connectivity index (χ0) is 20.9. The van der Waals surface area contributed by atoms with Gasteiger partial charge in [0.05, 0.1) is 18.8 Å². The number of carbonyl (C=O) groups is 1. The molecule has 29 heavy (non-hydrogen) atoms. The molecule has 0 aliphatic rings. The number of halogens is 3. The second-order valence-electron chi connectivity index (χ2n) is 6.41. The van der Waals surface area contributed by atoms with Gasteiger partial charge < -0.3 is 4.74 Å². The molecule has 0 N–H and O–H groups in total. The maximum atomic E-state index is 13.7. The van der Waals surface area contributed by atoms with Gasteiger partial charge in [-0.15, -0.1) is 0 Å². The van der Waals surface area contributed by atoms with Crippen LogP contribution >= 0.6 is 6.89 Å². The average molecular weight is 416 g/mol. The lowest BCUT2D eigenvalue weighted by Gasteiger charge is -2.32. The minimum atomic E-state index is -4.56. The lowest BCUT2D eigenvalue weighted by molar-refractivity contribution is -0.137. The normalized spacial score (nSPS) is 11.7. The molecule has 0 atom stereocenters. The van der Waals surface area contributed by atoms with Gasteiger partial charge in [-0.2, -0.15) is 13.2 Å². The van der Waals surface area contributed by atoms with Crippen LogP contribution in [-0.2, 0) is 9.53 Å². The van der Waals surface area contributed by atoms with Gasteiger partial charge in [0.2, 0.25) is 0 Å². The molecule has 0 radical (unpaired) electrons. The Kier molecular flexibility index (Phi) is 6.29. The van der Waals surface area contributed by atoms with E-state index >= 15 is 0 Å². The van der Waals surface area contributed by atoms with Crippen LogP contribution in [0.5, 0.6) is 0 Å². The lowest BCUT2D eigenvalue weighted by Crippen LogP contribution is -2.36. The Morgan fingerprint density at radius 1 is 0.759 bits per heavy atom. The Morgan fingerprint density at radius 2 is 1.10 bits per heavy atom. The molecule has 0 bridgehead atoms. The van der Waals surface area contributed by atoms with E-state index in [1.54, 1.807) is 91.0 Å². The zero-order valence-electron chi connectivity index (χ0n) is 15.8. The van der Waals surface area contributed by atoms with Gasteiger partial charge in [0.1, 0.15) is 0 Å². The molecule has 0 heterocycles. The summed E-state index contributed by atoms with van der Waals surface area (Å²) in [5.41, 5.74) is 0. The molecule has 3 rings (SSSR count). The number of hydrogen-bond acceptors (Lipinski definition) is 2. The number of esters is 1. The molecule has 0 unspecified atom stereocenters. The number of alkyl halides is 3. The number of carbonyl (C=O) groups excluding carboxylic acids is 1. The van der Waals surface area contributed by atoms with Gasteiger partial charge >= 0.3 is 12.1 Å². The minimum Gasteiger partial charge on any atom is -0.466 e. The first kappa shape index (κ1) is 20.9. The average Bonchev–Trinajstić information content (AvgIpc) is 2.74. The molecule has 0 saturated heterocycles. The van der Waals surface area contributed by atoms with Crippen LogP contribution in [0.25, 0.3) is 0 Å². The van der Waals surface area contributed by atoms with Crippen molar-refractivity contribution in [1.82, 2.24) is 0 Å². The van der Waals surface area contributed by atoms with Crippen molar-refractivity contribution in [2.24, 2.45) is 0 Å². The summed E-state index contributed by atoms with van der Waals surface area (Å²) in [7, 11) is 1.12. The first-order valence-electron chi connectivity index (χ1n) is 8.97. The first-order chi connectivity index (χ1) is 13.9. The molecular formula is C23H20F3O2P. The molecule has 0 amide bonds. The van der Waals surface area contributed by atoms with E-state index in [1.807, 2.05) is 0 Å². The van der Waals surface area contributed by atoms with E-state index in [2.05, 4.69) is 0 Å². The SMILES string of the molecule is COC(=O)C(CC(F)(F)F)=P(c1ccccc1)(c1ccccc1)c1ccccc1. The molecule has 3 aromatic rings. The monoisotopic (exact) mass is 416 g/mol. The Balaban J connectivity index is 2.59. The smallest absolute Gasteiger partial charge is 0.393 e. The Hall–Kier alpha value is -2.78. The predicted octanol–water partition coefficient (Wildman–Crippen LogP) is 4.28. The quantitative estimate of drug-likeness (QED) is 0.459. The van der Waals surface area contributed by atoms with E-state index in [0.29, 0.717) is 15.9 Å². The maximum Gasteiger partial charge on any atom is 0.393 e. The van der Waals surface area contributed by atoms with Crippen LogP contribution < -0.4 is 15.9 Å². The van der Waals surface area contributed by atoms with E-state index in [-0.39, 0.29) is 5.29 Å². The molecule has 0 saturated carbocycles. The van der Waals surface area contributed by atoms with Gasteiger partial charge in [0.15, 0.2) is 0 Å². The first-order valence-corrected chi connectivity index (χ1v) is 10.8. The third kappa shape index (κ3) is 4.30. The van der Waals surface area contributed by atoms with Crippen molar-refractivity contribution in [3.63, 3.8) is 0 Å². The van der Waals surface area contributed by atoms with E-state index in [4.69, 9.17) is 4.74 Å². The number of rotatable bonds is 5. The topological polar surface area (TPSA) is 26.3 Å². The van der Waals surface area contributed by atoms with Crippen LogP contribution in [-0.4, -0.2) is 24.5 Å². The molecule has 6 heteroatoms.